The molecule has 0 spiro atoms. The van der Waals surface area contributed by atoms with Crippen molar-refractivity contribution in [3.8, 4) is 0 Å². The molecule has 76 valence electrons. The molecule has 0 saturated heterocycles. The molecule has 0 aromatic carbocycles. The van der Waals surface area contributed by atoms with Crippen molar-refractivity contribution in [1.82, 2.24) is 0 Å². The fourth-order valence-electron chi connectivity index (χ4n) is 0. The number of hydrogen-bond donors (Lipinski definition) is 0. The Labute approximate surface area is 136 Å². The molecular formula is H6O6P2S2Sn3. The van der Waals surface area contributed by atoms with Crippen LogP contribution in [0.15, 0.2) is 0 Å². The van der Waals surface area contributed by atoms with Crippen LogP contribution in [-0.2, 0) is 28.6 Å². The summed E-state index contributed by atoms with van der Waals surface area (Å²) in [6, 6.07) is 0. The van der Waals surface area contributed by atoms with Crippen molar-refractivity contribution in [3.05, 3.63) is 0 Å². The topological polar surface area (TPSA) is 132 Å². The van der Waals surface area contributed by atoms with Crippen LogP contribution in [0.3, 0.4) is 0 Å². The van der Waals surface area contributed by atoms with E-state index in [9.17, 15) is 0 Å². The van der Waals surface area contributed by atoms with Gasteiger partial charge < -0.3 is 48.0 Å². The average Bonchev–Trinajstić information content (AvgIpc) is 1.12. The van der Waals surface area contributed by atoms with Crippen LogP contribution in [0.2, 0.25) is 0 Å². The third kappa shape index (κ3) is 237. The molecule has 0 aromatic heterocycles. The average molecular weight is 584 g/mol. The number of hydrogen-bond acceptors (Lipinski definition) is 8. The molecule has 0 aliphatic carbocycles. The Balaban J connectivity index is -0.0000000267. The summed E-state index contributed by atoms with van der Waals surface area (Å²) < 4.78 is 8.92. The van der Waals surface area contributed by atoms with E-state index in [2.05, 4.69) is 24.1 Å². The van der Waals surface area contributed by atoms with Crippen LogP contribution in [0.5, 0.6) is 0 Å². The van der Waals surface area contributed by atoms with E-state index in [1.165, 1.54) is 0 Å². The van der Waals surface area contributed by atoms with Crippen molar-refractivity contribution >= 4 is 109 Å². The first-order chi connectivity index (χ1) is 4.00. The van der Waals surface area contributed by atoms with Gasteiger partial charge >= 0.3 is 71.7 Å². The summed E-state index contributed by atoms with van der Waals surface area (Å²) >= 11 is 6.54. The molecule has 13 heavy (non-hydrogen) atoms. The zero-order chi connectivity index (χ0) is 9.00. The summed E-state index contributed by atoms with van der Waals surface area (Å²) in [5, 5.41) is 0. The second-order valence-corrected chi connectivity index (χ2v) is 5.37. The van der Waals surface area contributed by atoms with Gasteiger partial charge in [-0.05, 0) is 0 Å². The van der Waals surface area contributed by atoms with Crippen molar-refractivity contribution in [1.29, 1.82) is 0 Å². The molecule has 6 nitrogen and oxygen atoms in total. The molecule has 0 saturated carbocycles. The summed E-state index contributed by atoms with van der Waals surface area (Å²) in [7, 11) is 0. The predicted octanol–water partition coefficient (Wildman–Crippen LogP) is -7.09. The standard InChI is InChI=1S/2H3O3PS.3Sn.6H/c2*1-4(2,3)5;;;;;;;;;/h2*(H3,1,2,3,5);;;;;;;;;/q;;3*+2;;;;;;/p-6. The van der Waals surface area contributed by atoms with Gasteiger partial charge in [-0.15, -0.1) is 0 Å². The van der Waals surface area contributed by atoms with Gasteiger partial charge in [-0.2, -0.15) is 11.8 Å². The fraction of sp³-hybridized carbons (Fsp3) is 0. The van der Waals surface area contributed by atoms with Gasteiger partial charge in [0.25, 0.3) is 0 Å². The molecule has 0 aliphatic rings. The molecule has 0 aromatic rings. The zero-order valence-corrected chi connectivity index (χ0v) is 21.8. The SMILES string of the molecule is O=P([O-])([O-])[S-].[O-]P([O-])([O-])=S.[SnH2+2].[SnH2+2].[SnH2+2]. The minimum atomic E-state index is -4.56. The maximum atomic E-state index is 8.92. The van der Waals surface area contributed by atoms with Crippen LogP contribution >= 0.6 is 13.5 Å². The van der Waals surface area contributed by atoms with E-state index in [0.29, 0.717) is 0 Å². The first-order valence-electron chi connectivity index (χ1n) is 1.46. The predicted molar refractivity (Wildman–Crippen MR) is 54.9 cm³/mol. The zero-order valence-electron chi connectivity index (χ0n) is 6.28. The van der Waals surface area contributed by atoms with Gasteiger partial charge in [-0.1, -0.05) is 0 Å². The van der Waals surface area contributed by atoms with E-state index in [-0.39, 0.29) is 71.7 Å². The quantitative estimate of drug-likeness (QED) is 0.156. The van der Waals surface area contributed by atoms with Crippen molar-refractivity contribution in [2.45, 2.75) is 0 Å². The van der Waals surface area contributed by atoms with Gasteiger partial charge in [0.2, 0.25) is 0 Å². The molecule has 0 bridgehead atoms. The third-order valence-corrected chi connectivity index (χ3v) is 0. The molecule has 0 aliphatic heterocycles. The van der Waals surface area contributed by atoms with Gasteiger partial charge in [0.15, 0.2) is 0 Å². The second-order valence-electron chi connectivity index (χ2n) is 0.894. The normalized spacial score (nSPS) is 9.08. The molecule has 0 heterocycles. The molecule has 0 radical (unpaired) electrons. The van der Waals surface area contributed by atoms with Crippen LogP contribution in [0.4, 0.5) is 0 Å². The van der Waals surface area contributed by atoms with E-state index >= 15 is 0 Å². The number of rotatable bonds is 0. The van der Waals surface area contributed by atoms with Crippen LogP contribution in [0, 0.1) is 0 Å². The first kappa shape index (κ1) is 29.9. The minimum absolute atomic E-state index is 0. The summed E-state index contributed by atoms with van der Waals surface area (Å²) in [6.45, 7) is -9.11. The molecule has 0 atom stereocenters. The third-order valence-electron chi connectivity index (χ3n) is 0. The van der Waals surface area contributed by atoms with Crippen LogP contribution < -0.4 is 24.5 Å². The van der Waals surface area contributed by atoms with E-state index < -0.39 is 13.5 Å². The Kier molecular flexibility index (Phi) is 31.1. The van der Waals surface area contributed by atoms with Crippen molar-refractivity contribution < 1.29 is 29.0 Å². The van der Waals surface area contributed by atoms with E-state index in [4.69, 9.17) is 29.0 Å². The molecule has 0 rings (SSSR count). The van der Waals surface area contributed by atoms with Gasteiger partial charge in [0, 0.05) is 0 Å². The van der Waals surface area contributed by atoms with Crippen LogP contribution in [0.25, 0.3) is 0 Å². The summed E-state index contributed by atoms with van der Waals surface area (Å²) in [4.78, 5) is 44.6. The molecule has 13 heteroatoms. The Morgan fingerprint density at radius 2 is 0.923 bits per heavy atom. The van der Waals surface area contributed by atoms with Crippen molar-refractivity contribution in [2.75, 3.05) is 0 Å². The Hall–Kier alpha value is 3.43. The van der Waals surface area contributed by atoms with E-state index in [1.54, 1.807) is 0 Å². The van der Waals surface area contributed by atoms with Crippen molar-refractivity contribution in [2.24, 2.45) is 0 Å². The van der Waals surface area contributed by atoms with Gasteiger partial charge in [0.1, 0.15) is 0 Å². The summed E-state index contributed by atoms with van der Waals surface area (Å²) in [6.07, 6.45) is 0. The van der Waals surface area contributed by atoms with E-state index in [1.807, 2.05) is 0 Å². The molecular weight excluding hydrogens is 578 g/mol. The Morgan fingerprint density at radius 3 is 0.923 bits per heavy atom. The fourth-order valence-corrected chi connectivity index (χ4v) is 0. The monoisotopic (exact) mass is 588 g/mol. The molecule has 0 N–H and O–H groups in total. The van der Waals surface area contributed by atoms with E-state index in [0.717, 1.165) is 0 Å². The molecule has 0 fully saturated rings. The Bertz CT molecular complexity index is 136. The molecule has 0 amide bonds. The summed E-state index contributed by atoms with van der Waals surface area (Å²) in [5.41, 5.74) is 0. The van der Waals surface area contributed by atoms with Gasteiger partial charge in [0.05, 0.1) is 0 Å². The van der Waals surface area contributed by atoms with Crippen LogP contribution in [0.1, 0.15) is 0 Å². The maximum absolute atomic E-state index is 8.92. The second kappa shape index (κ2) is 13.5. The van der Waals surface area contributed by atoms with Crippen molar-refractivity contribution in [3.63, 3.8) is 0 Å². The van der Waals surface area contributed by atoms with Crippen LogP contribution in [-0.4, -0.2) is 71.7 Å². The molecule has 0 unspecified atom stereocenters. The van der Waals surface area contributed by atoms with Gasteiger partial charge in [-0.25, -0.2) is 6.80 Å². The summed E-state index contributed by atoms with van der Waals surface area (Å²) in [5.74, 6) is 0. The first-order valence-corrected chi connectivity index (χ1v) is 6.57. The Morgan fingerprint density at radius 1 is 0.923 bits per heavy atom. The van der Waals surface area contributed by atoms with Gasteiger partial charge in [-0.3, -0.25) is 0 Å².